The number of nitrogens with one attached hydrogen (secondary N) is 1. The average molecular weight is 421 g/mol. The van der Waals surface area contributed by atoms with E-state index in [1.807, 2.05) is 18.2 Å². The minimum absolute atomic E-state index is 0.178. The molecule has 6 heteroatoms. The third-order valence-electron chi connectivity index (χ3n) is 5.45. The van der Waals surface area contributed by atoms with Crippen LogP contribution in [0, 0.1) is 0 Å². The number of nitrogens with zero attached hydrogens (tertiary/aromatic N) is 1. The summed E-state index contributed by atoms with van der Waals surface area (Å²) in [5.41, 5.74) is 17.3. The van der Waals surface area contributed by atoms with E-state index in [-0.39, 0.29) is 11.9 Å². The number of benzene rings is 3. The highest BCUT2D eigenvalue weighted by molar-refractivity contribution is 6.34. The fourth-order valence-electron chi connectivity index (χ4n) is 3.88. The molecule has 0 aliphatic carbocycles. The number of Topliss-reactive ketones (excluding diaryl/α,β-unsaturated/α-hetero) is 1. The van der Waals surface area contributed by atoms with Crippen LogP contribution < -0.4 is 21.7 Å². The first kappa shape index (κ1) is 20.3. The van der Waals surface area contributed by atoms with Crippen LogP contribution in [0.1, 0.15) is 34.6 Å². The highest BCUT2D eigenvalue weighted by atomic mass is 35.5. The first-order valence-electron chi connectivity index (χ1n) is 10.0. The second-order valence-electron chi connectivity index (χ2n) is 7.61. The Bertz CT molecular complexity index is 1070. The number of nitrogens with two attached hydrogens (primary N) is 2. The smallest absolute Gasteiger partial charge is 0.180 e. The number of rotatable bonds is 6. The van der Waals surface area contributed by atoms with E-state index < -0.39 is 6.04 Å². The van der Waals surface area contributed by atoms with Gasteiger partial charge in [-0.3, -0.25) is 4.79 Å². The summed E-state index contributed by atoms with van der Waals surface area (Å²) in [5.74, 6) is -0.221. The van der Waals surface area contributed by atoms with Crippen LogP contribution in [-0.2, 0) is 6.42 Å². The van der Waals surface area contributed by atoms with Crippen molar-refractivity contribution in [2.45, 2.75) is 25.6 Å². The van der Waals surface area contributed by atoms with Crippen molar-refractivity contribution in [1.82, 2.24) is 0 Å². The average Bonchev–Trinajstić information content (AvgIpc) is 3.12. The summed E-state index contributed by atoms with van der Waals surface area (Å²) in [6.07, 6.45) is 0.713. The van der Waals surface area contributed by atoms with E-state index in [0.717, 1.165) is 29.9 Å². The Kier molecular flexibility index (Phi) is 5.66. The zero-order valence-corrected chi connectivity index (χ0v) is 17.6. The lowest BCUT2D eigenvalue weighted by molar-refractivity contribution is 0.0968. The molecule has 1 aliphatic rings. The molecule has 0 bridgehead atoms. The summed E-state index contributed by atoms with van der Waals surface area (Å²) in [6.45, 7) is 2.44. The van der Waals surface area contributed by atoms with Crippen LogP contribution in [0.4, 0.5) is 17.1 Å². The van der Waals surface area contributed by atoms with Gasteiger partial charge in [0.1, 0.15) is 6.17 Å². The summed E-state index contributed by atoms with van der Waals surface area (Å²) >= 11 is 6.47. The fourth-order valence-corrected chi connectivity index (χ4v) is 4.14. The van der Waals surface area contributed by atoms with E-state index in [1.54, 1.807) is 19.1 Å². The number of fused-ring (bicyclic) bond motifs is 1. The predicted molar refractivity (Wildman–Crippen MR) is 124 cm³/mol. The van der Waals surface area contributed by atoms with Crippen molar-refractivity contribution in [2.24, 2.45) is 5.73 Å². The quantitative estimate of drug-likeness (QED) is 0.400. The molecule has 2 atom stereocenters. The number of halogens is 1. The van der Waals surface area contributed by atoms with Crippen LogP contribution in [0.15, 0.2) is 66.7 Å². The Morgan fingerprint density at radius 2 is 1.83 bits per heavy atom. The number of hydrogen-bond acceptors (Lipinski definition) is 5. The normalized spacial score (nSPS) is 16.1. The second-order valence-corrected chi connectivity index (χ2v) is 8.01. The summed E-state index contributed by atoms with van der Waals surface area (Å²) in [5, 5.41) is 3.92. The second kappa shape index (κ2) is 8.38. The van der Waals surface area contributed by atoms with Gasteiger partial charge in [0.2, 0.25) is 0 Å². The Balaban J connectivity index is 1.68. The van der Waals surface area contributed by atoms with Gasteiger partial charge in [0.25, 0.3) is 0 Å². The van der Waals surface area contributed by atoms with Crippen molar-refractivity contribution >= 4 is 34.4 Å². The Morgan fingerprint density at radius 1 is 1.13 bits per heavy atom. The lowest BCUT2D eigenvalue weighted by Gasteiger charge is -2.28. The molecule has 0 amide bonds. The van der Waals surface area contributed by atoms with Crippen molar-refractivity contribution in [3.63, 3.8) is 0 Å². The minimum atomic E-state index is -0.635. The van der Waals surface area contributed by atoms with E-state index in [2.05, 4.69) is 46.6 Å². The zero-order chi connectivity index (χ0) is 21.3. The van der Waals surface area contributed by atoms with E-state index in [1.165, 1.54) is 5.56 Å². The first-order valence-corrected chi connectivity index (χ1v) is 10.4. The van der Waals surface area contributed by atoms with Crippen LogP contribution in [-0.4, -0.2) is 18.4 Å². The molecule has 30 heavy (non-hydrogen) atoms. The van der Waals surface area contributed by atoms with Crippen molar-refractivity contribution in [2.75, 3.05) is 22.5 Å². The molecule has 0 spiro atoms. The molecule has 0 saturated heterocycles. The number of carbonyl (C=O) groups is 1. The molecule has 0 fully saturated rings. The first-order chi connectivity index (χ1) is 14.5. The van der Waals surface area contributed by atoms with Crippen LogP contribution in [0.2, 0.25) is 5.02 Å². The maximum Gasteiger partial charge on any atom is 0.180 e. The minimum Gasteiger partial charge on any atom is -0.398 e. The third kappa shape index (κ3) is 3.86. The monoisotopic (exact) mass is 420 g/mol. The topological polar surface area (TPSA) is 84.4 Å². The Hall–Kier alpha value is -3.02. The molecule has 0 saturated carbocycles. The maximum absolute atomic E-state index is 12.4. The maximum atomic E-state index is 12.4. The van der Waals surface area contributed by atoms with Crippen LogP contribution in [0.25, 0.3) is 0 Å². The summed E-state index contributed by atoms with van der Waals surface area (Å²) in [6, 6.07) is 21.3. The molecule has 3 aromatic carbocycles. The SMILES string of the molecule is C[C@H](N)C(=O)c1cc(N)c(C2Nc3ccccc3N2CCc2ccccc2)cc1Cl. The fraction of sp³-hybridized carbons (Fsp3) is 0.208. The van der Waals surface area contributed by atoms with Gasteiger partial charge >= 0.3 is 0 Å². The Labute approximate surface area is 181 Å². The lowest BCUT2D eigenvalue weighted by Crippen LogP contribution is -2.31. The molecule has 1 aliphatic heterocycles. The number of nitrogen functional groups attached to an aromatic ring is 1. The number of para-hydroxylation sites is 2. The van der Waals surface area contributed by atoms with Gasteiger partial charge in [-0.05, 0) is 43.2 Å². The molecule has 0 aromatic heterocycles. The number of anilines is 3. The van der Waals surface area contributed by atoms with E-state index >= 15 is 0 Å². The highest BCUT2D eigenvalue weighted by Crippen LogP contribution is 2.43. The van der Waals surface area contributed by atoms with Crippen molar-refractivity contribution in [1.29, 1.82) is 0 Å². The Morgan fingerprint density at radius 3 is 2.57 bits per heavy atom. The van der Waals surface area contributed by atoms with Crippen LogP contribution >= 0.6 is 11.6 Å². The van der Waals surface area contributed by atoms with Crippen molar-refractivity contribution < 1.29 is 4.79 Å². The van der Waals surface area contributed by atoms with Gasteiger partial charge < -0.3 is 21.7 Å². The van der Waals surface area contributed by atoms with Crippen LogP contribution in [0.5, 0.6) is 0 Å². The molecular weight excluding hydrogens is 396 g/mol. The summed E-state index contributed by atoms with van der Waals surface area (Å²) in [7, 11) is 0. The van der Waals surface area contributed by atoms with Gasteiger partial charge in [-0.15, -0.1) is 0 Å². The molecule has 3 aromatic rings. The molecule has 5 nitrogen and oxygen atoms in total. The molecule has 1 unspecified atom stereocenters. The summed E-state index contributed by atoms with van der Waals surface area (Å²) in [4.78, 5) is 14.7. The largest absolute Gasteiger partial charge is 0.398 e. The van der Waals surface area contributed by atoms with Gasteiger partial charge in [-0.1, -0.05) is 54.1 Å². The van der Waals surface area contributed by atoms with Gasteiger partial charge in [0.15, 0.2) is 5.78 Å². The van der Waals surface area contributed by atoms with Gasteiger partial charge in [0, 0.05) is 23.4 Å². The zero-order valence-electron chi connectivity index (χ0n) is 16.8. The molecule has 5 N–H and O–H groups in total. The van der Waals surface area contributed by atoms with E-state index in [4.69, 9.17) is 23.1 Å². The third-order valence-corrected chi connectivity index (χ3v) is 5.76. The van der Waals surface area contributed by atoms with Crippen molar-refractivity contribution in [3.8, 4) is 0 Å². The highest BCUT2D eigenvalue weighted by Gasteiger charge is 2.31. The van der Waals surface area contributed by atoms with E-state index in [0.29, 0.717) is 16.3 Å². The van der Waals surface area contributed by atoms with Gasteiger partial charge in [0.05, 0.1) is 22.4 Å². The van der Waals surface area contributed by atoms with Gasteiger partial charge in [-0.25, -0.2) is 0 Å². The summed E-state index contributed by atoms with van der Waals surface area (Å²) < 4.78 is 0. The number of hydrogen-bond donors (Lipinski definition) is 3. The molecule has 4 rings (SSSR count). The van der Waals surface area contributed by atoms with Gasteiger partial charge in [-0.2, -0.15) is 0 Å². The van der Waals surface area contributed by atoms with Crippen molar-refractivity contribution in [3.05, 3.63) is 88.4 Å². The molecule has 1 heterocycles. The molecule has 0 radical (unpaired) electrons. The molecular formula is C24H25ClN4O. The number of ketones is 1. The number of carbonyl (C=O) groups excluding carboxylic acids is 1. The standard InChI is InChI=1S/C24H25ClN4O/c1-15(26)23(30)17-14-20(27)18(13-19(17)25)24-28-21-9-5-6-10-22(21)29(24)12-11-16-7-3-2-4-8-16/h2-10,13-15,24,28H,11-12,26-27H2,1H3/t15-,24?/m0/s1. The lowest BCUT2D eigenvalue weighted by atomic mass is 10.0. The molecule has 154 valence electrons. The predicted octanol–water partition coefficient (Wildman–Crippen LogP) is 4.63. The van der Waals surface area contributed by atoms with Crippen LogP contribution in [0.3, 0.4) is 0 Å². The van der Waals surface area contributed by atoms with E-state index in [9.17, 15) is 4.79 Å².